The van der Waals surface area contributed by atoms with Crippen LogP contribution in [0.25, 0.3) is 0 Å². The Kier molecular flexibility index (Phi) is 5.38. The van der Waals surface area contributed by atoms with Crippen molar-refractivity contribution in [2.24, 2.45) is 17.6 Å². The maximum Gasteiger partial charge on any atom is 0.417 e. The third kappa shape index (κ3) is 3.90. The monoisotopic (exact) mass is 515 g/mol. The van der Waals surface area contributed by atoms with Crippen molar-refractivity contribution in [2.75, 3.05) is 0 Å². The van der Waals surface area contributed by atoms with E-state index in [1.54, 1.807) is 0 Å². The zero-order valence-electron chi connectivity index (χ0n) is 18.5. The number of fused-ring (bicyclic) bond motifs is 1. The van der Waals surface area contributed by atoms with Crippen LogP contribution in [0.5, 0.6) is 0 Å². The Bertz CT molecular complexity index is 1240. The minimum absolute atomic E-state index is 0.0157. The number of rotatable bonds is 5. The van der Waals surface area contributed by atoms with Gasteiger partial charge in [-0.1, -0.05) is 6.07 Å². The number of piperidine rings is 1. The summed E-state index contributed by atoms with van der Waals surface area (Å²) in [5.41, 5.74) is 1.66. The van der Waals surface area contributed by atoms with Crippen molar-refractivity contribution >= 4 is 11.8 Å². The topological polar surface area (TPSA) is 76.3 Å². The Labute approximate surface area is 200 Å². The SMILES string of the molecule is NC(=O)C1CC2CC2([C@@H](c2ccc(C(F)(F)F)cc2F)C2CC2)N1C(=O)c1cncc(C(F)(F)F)c1. The molecule has 3 fully saturated rings. The van der Waals surface area contributed by atoms with Gasteiger partial charge in [0.1, 0.15) is 11.9 Å². The third-order valence-corrected chi connectivity index (χ3v) is 7.54. The van der Waals surface area contributed by atoms with Gasteiger partial charge in [0, 0.05) is 18.3 Å². The Morgan fingerprint density at radius 2 is 1.69 bits per heavy atom. The van der Waals surface area contributed by atoms with E-state index >= 15 is 4.39 Å². The number of nitrogens with zero attached hydrogens (tertiary/aromatic N) is 2. The zero-order chi connectivity index (χ0) is 26.2. The zero-order valence-corrected chi connectivity index (χ0v) is 18.5. The number of hydrogen-bond acceptors (Lipinski definition) is 3. The van der Waals surface area contributed by atoms with E-state index in [0.717, 1.165) is 23.2 Å². The van der Waals surface area contributed by atoms with Crippen molar-refractivity contribution < 1.29 is 40.3 Å². The van der Waals surface area contributed by atoms with E-state index in [2.05, 4.69) is 4.98 Å². The van der Waals surface area contributed by atoms with Crippen molar-refractivity contribution in [3.05, 3.63) is 64.7 Å². The fraction of sp³-hybridized carbons (Fsp3) is 0.458. The van der Waals surface area contributed by atoms with E-state index in [-0.39, 0.29) is 23.8 Å². The molecule has 12 heteroatoms. The molecule has 1 aliphatic heterocycles. The van der Waals surface area contributed by atoms with Gasteiger partial charge in [0.05, 0.1) is 22.2 Å². The van der Waals surface area contributed by atoms with Crippen LogP contribution in [0, 0.1) is 17.7 Å². The molecule has 2 saturated carbocycles. The fourth-order valence-corrected chi connectivity index (χ4v) is 5.86. The van der Waals surface area contributed by atoms with Gasteiger partial charge in [-0.15, -0.1) is 0 Å². The van der Waals surface area contributed by atoms with Crippen LogP contribution < -0.4 is 5.73 Å². The minimum atomic E-state index is -4.77. The summed E-state index contributed by atoms with van der Waals surface area (Å²) < 4.78 is 94.2. The van der Waals surface area contributed by atoms with Crippen LogP contribution in [0.15, 0.2) is 36.7 Å². The molecule has 5 nitrogen and oxygen atoms in total. The molecule has 1 aromatic carbocycles. The van der Waals surface area contributed by atoms with Gasteiger partial charge in [-0.3, -0.25) is 14.6 Å². The Balaban J connectivity index is 1.59. The number of amides is 2. The normalized spacial score (nSPS) is 26.5. The lowest BCUT2D eigenvalue weighted by Crippen LogP contribution is -2.53. The number of nitrogens with two attached hydrogens (primary N) is 1. The molecule has 2 aliphatic carbocycles. The number of primary amides is 1. The molecule has 0 radical (unpaired) electrons. The van der Waals surface area contributed by atoms with Crippen molar-refractivity contribution in [3.63, 3.8) is 0 Å². The molecule has 1 saturated heterocycles. The number of aromatic nitrogens is 1. The second kappa shape index (κ2) is 7.91. The van der Waals surface area contributed by atoms with Crippen LogP contribution in [0.4, 0.5) is 30.7 Å². The molecule has 3 aliphatic rings. The third-order valence-electron chi connectivity index (χ3n) is 7.54. The molecule has 4 atom stereocenters. The highest BCUT2D eigenvalue weighted by Crippen LogP contribution is 2.69. The van der Waals surface area contributed by atoms with Gasteiger partial charge in [0.25, 0.3) is 5.91 Å². The summed E-state index contributed by atoms with van der Waals surface area (Å²) in [5.74, 6) is -4.06. The highest BCUT2D eigenvalue weighted by atomic mass is 19.4. The summed E-state index contributed by atoms with van der Waals surface area (Å²) in [6.07, 6.45) is -6.28. The number of pyridine rings is 1. The summed E-state index contributed by atoms with van der Waals surface area (Å²) in [4.78, 5) is 30.6. The fourth-order valence-electron chi connectivity index (χ4n) is 5.86. The Morgan fingerprint density at radius 1 is 1.03 bits per heavy atom. The van der Waals surface area contributed by atoms with Crippen molar-refractivity contribution in [2.45, 2.75) is 55.5 Å². The van der Waals surface area contributed by atoms with Gasteiger partial charge < -0.3 is 10.6 Å². The highest BCUT2D eigenvalue weighted by molar-refractivity contribution is 5.99. The van der Waals surface area contributed by atoms with E-state index in [9.17, 15) is 35.9 Å². The maximum absolute atomic E-state index is 15.1. The summed E-state index contributed by atoms with van der Waals surface area (Å²) >= 11 is 0. The quantitative estimate of drug-likeness (QED) is 0.575. The first-order valence-corrected chi connectivity index (χ1v) is 11.3. The number of carbonyl (C=O) groups excluding carboxylic acids is 2. The van der Waals surface area contributed by atoms with Crippen LogP contribution in [-0.2, 0) is 17.1 Å². The smallest absolute Gasteiger partial charge is 0.368 e. The first-order valence-electron chi connectivity index (χ1n) is 11.3. The number of halogens is 7. The molecule has 0 spiro atoms. The standard InChI is InChI=1S/C24H20F7N3O2/c25-17-6-13(23(26,27)28)3-4-16(17)19(11-1-2-11)22-8-14(22)7-18(20(32)35)34(22)21(36)12-5-15(10-33-9-12)24(29,30)31/h3-6,9-11,14,18-19H,1-2,7-8H2,(H2,32,35)/t14?,18?,19-,22?/m1/s1. The van der Waals surface area contributed by atoms with Gasteiger partial charge in [-0.2, -0.15) is 26.3 Å². The molecule has 1 aromatic heterocycles. The van der Waals surface area contributed by atoms with E-state index in [0.29, 0.717) is 37.6 Å². The summed E-state index contributed by atoms with van der Waals surface area (Å²) in [6, 6.07) is 1.70. The molecular weight excluding hydrogens is 495 g/mol. The molecule has 2 N–H and O–H groups in total. The van der Waals surface area contributed by atoms with Crippen LogP contribution >= 0.6 is 0 Å². The molecule has 192 valence electrons. The lowest BCUT2D eigenvalue weighted by atomic mass is 9.82. The summed E-state index contributed by atoms with van der Waals surface area (Å²) in [7, 11) is 0. The Morgan fingerprint density at radius 3 is 2.25 bits per heavy atom. The number of hydrogen-bond donors (Lipinski definition) is 1. The van der Waals surface area contributed by atoms with Crippen molar-refractivity contribution in [1.29, 1.82) is 0 Å². The minimum Gasteiger partial charge on any atom is -0.368 e. The first kappa shape index (κ1) is 24.5. The van der Waals surface area contributed by atoms with Crippen LogP contribution in [0.2, 0.25) is 0 Å². The molecule has 0 bridgehead atoms. The van der Waals surface area contributed by atoms with Gasteiger partial charge in [0.15, 0.2) is 0 Å². The van der Waals surface area contributed by atoms with Crippen LogP contribution in [0.3, 0.4) is 0 Å². The number of benzene rings is 1. The molecule has 3 unspecified atom stereocenters. The second-order valence-corrected chi connectivity index (χ2v) is 9.73. The van der Waals surface area contributed by atoms with E-state index in [1.807, 2.05) is 0 Å². The van der Waals surface area contributed by atoms with Gasteiger partial charge in [0.2, 0.25) is 5.91 Å². The molecule has 36 heavy (non-hydrogen) atoms. The predicted octanol–water partition coefficient (Wildman–Crippen LogP) is 4.91. The second-order valence-electron chi connectivity index (χ2n) is 9.73. The summed E-state index contributed by atoms with van der Waals surface area (Å²) in [5, 5.41) is 0. The lowest BCUT2D eigenvalue weighted by molar-refractivity contribution is -0.138. The van der Waals surface area contributed by atoms with Crippen molar-refractivity contribution in [3.8, 4) is 0 Å². The molecule has 2 aromatic rings. The van der Waals surface area contributed by atoms with Crippen LogP contribution in [-0.4, -0.2) is 33.3 Å². The molecule has 5 rings (SSSR count). The first-order chi connectivity index (χ1) is 16.7. The van der Waals surface area contributed by atoms with E-state index in [1.165, 1.54) is 0 Å². The molecule has 2 amide bonds. The van der Waals surface area contributed by atoms with Gasteiger partial charge in [-0.05, 0) is 61.3 Å². The Hall–Kier alpha value is -3.18. The highest BCUT2D eigenvalue weighted by Gasteiger charge is 2.73. The maximum atomic E-state index is 15.1. The number of likely N-dealkylation sites (tertiary alicyclic amines) is 1. The van der Waals surface area contributed by atoms with Gasteiger partial charge >= 0.3 is 12.4 Å². The molecular formula is C24H20F7N3O2. The van der Waals surface area contributed by atoms with Crippen molar-refractivity contribution in [1.82, 2.24) is 9.88 Å². The predicted molar refractivity (Wildman–Crippen MR) is 111 cm³/mol. The number of carbonyl (C=O) groups is 2. The summed E-state index contributed by atoms with van der Waals surface area (Å²) in [6.45, 7) is 0. The largest absolute Gasteiger partial charge is 0.417 e. The van der Waals surface area contributed by atoms with Gasteiger partial charge in [-0.25, -0.2) is 4.39 Å². The van der Waals surface area contributed by atoms with Crippen LogP contribution in [0.1, 0.15) is 58.6 Å². The lowest BCUT2D eigenvalue weighted by Gasteiger charge is -2.39. The van der Waals surface area contributed by atoms with E-state index in [4.69, 9.17) is 5.73 Å². The molecule has 2 heterocycles. The number of alkyl halides is 6. The average molecular weight is 515 g/mol. The average Bonchev–Trinajstić information content (AvgIpc) is 3.71. The van der Waals surface area contributed by atoms with E-state index < -0.39 is 64.2 Å².